The van der Waals surface area contributed by atoms with E-state index in [0.29, 0.717) is 37.7 Å². The van der Waals surface area contributed by atoms with Crippen molar-refractivity contribution in [2.45, 2.75) is 85.0 Å². The molecular formula is C21H44N2O4. The maximum Gasteiger partial charge on any atom is 0.220 e. The van der Waals surface area contributed by atoms with Crippen molar-refractivity contribution in [3.05, 3.63) is 0 Å². The Morgan fingerprint density at radius 2 is 1.74 bits per heavy atom. The molecule has 3 N–H and O–H groups in total. The fourth-order valence-corrected chi connectivity index (χ4v) is 3.02. The summed E-state index contributed by atoms with van der Waals surface area (Å²) in [5.74, 6) is 0.754. The number of rotatable bonds is 12. The van der Waals surface area contributed by atoms with E-state index in [-0.39, 0.29) is 27.0 Å². The average molecular weight is 389 g/mol. The second kappa shape index (κ2) is 16.7. The van der Waals surface area contributed by atoms with E-state index in [2.05, 4.69) is 12.2 Å². The molecule has 0 saturated heterocycles. The first-order valence-corrected chi connectivity index (χ1v) is 10.5. The van der Waals surface area contributed by atoms with Crippen LogP contribution in [0.5, 0.6) is 0 Å². The molecule has 0 unspecified atom stereocenters. The molecule has 1 fully saturated rings. The molecule has 0 aromatic carbocycles. The summed E-state index contributed by atoms with van der Waals surface area (Å²) in [4.78, 5) is 33.1. The molecule has 0 spiro atoms. The molecular weight excluding hydrogens is 344 g/mol. The van der Waals surface area contributed by atoms with Crippen LogP contribution < -0.4 is 11.1 Å². The summed E-state index contributed by atoms with van der Waals surface area (Å²) in [6.07, 6.45) is 9.16. The molecule has 2 amide bonds. The second-order valence-electron chi connectivity index (χ2n) is 7.53. The molecule has 6 heteroatoms. The highest BCUT2D eigenvalue weighted by atomic mass is 16.5. The topological polar surface area (TPSA) is 98.5 Å². The quantitative estimate of drug-likeness (QED) is 0.496. The number of hydrogen-bond acceptors (Lipinski definition) is 4. The van der Waals surface area contributed by atoms with Gasteiger partial charge in [0.05, 0.1) is 0 Å². The van der Waals surface area contributed by atoms with Gasteiger partial charge in [-0.25, -0.2) is 0 Å². The van der Waals surface area contributed by atoms with Crippen molar-refractivity contribution in [3.8, 4) is 0 Å². The van der Waals surface area contributed by atoms with Gasteiger partial charge in [0.15, 0.2) is 0 Å². The number of hydrogen-bond donors (Lipinski definition) is 2. The molecule has 0 aromatic heterocycles. The highest BCUT2D eigenvalue weighted by Crippen LogP contribution is 2.26. The zero-order valence-electron chi connectivity index (χ0n) is 17.6. The van der Waals surface area contributed by atoms with Crippen LogP contribution in [0, 0.1) is 11.8 Å². The second-order valence-corrected chi connectivity index (χ2v) is 7.53. The Hall–Kier alpha value is -1.43. The van der Waals surface area contributed by atoms with E-state index in [9.17, 15) is 14.4 Å². The SMILES string of the molecule is CC(C)C(=O)C1CCCCC1.CCCOCCCNC(=O)CCCC(N)=O.[HH].[HH]. The standard InChI is InChI=1S/C11H22N2O3.C10H18O.2H2/c1-2-8-16-9-4-7-13-11(15)6-3-5-10(12)14;1-8(2)10(11)9-6-4-3-5-7-9;;/h2-9H2,1H3,(H2,12,14)(H,13,15);8-9H,3-7H2,1-2H3;2*1H. The number of nitrogens with two attached hydrogens (primary N) is 1. The van der Waals surface area contributed by atoms with Crippen LogP contribution in [-0.4, -0.2) is 37.4 Å². The van der Waals surface area contributed by atoms with Gasteiger partial charge in [-0.15, -0.1) is 0 Å². The number of carbonyl (C=O) groups excluding carboxylic acids is 3. The Labute approximate surface area is 167 Å². The van der Waals surface area contributed by atoms with Gasteiger partial charge in [0.1, 0.15) is 5.78 Å². The van der Waals surface area contributed by atoms with Crippen molar-refractivity contribution < 1.29 is 22.0 Å². The normalized spacial score (nSPS) is 14.4. The van der Waals surface area contributed by atoms with Crippen LogP contribution in [0.25, 0.3) is 0 Å². The smallest absolute Gasteiger partial charge is 0.220 e. The fraction of sp³-hybridized carbons (Fsp3) is 0.857. The maximum atomic E-state index is 11.5. The van der Waals surface area contributed by atoms with E-state index in [0.717, 1.165) is 32.3 Å². The first kappa shape index (κ1) is 25.6. The van der Waals surface area contributed by atoms with Crippen molar-refractivity contribution in [1.82, 2.24) is 5.32 Å². The molecule has 0 bridgehead atoms. The number of Topliss-reactive ketones (excluding diaryl/α,β-unsaturated/α-hetero) is 1. The third kappa shape index (κ3) is 15.3. The maximum absolute atomic E-state index is 11.5. The van der Waals surface area contributed by atoms with Gasteiger partial charge in [0.25, 0.3) is 0 Å². The Kier molecular flexibility index (Phi) is 15.8. The lowest BCUT2D eigenvalue weighted by Crippen LogP contribution is -2.25. The van der Waals surface area contributed by atoms with Crippen molar-refractivity contribution in [2.24, 2.45) is 17.6 Å². The summed E-state index contributed by atoms with van der Waals surface area (Å²) < 4.78 is 5.26. The highest BCUT2D eigenvalue weighted by Gasteiger charge is 2.22. The Balaban J connectivity index is -0.000000459. The summed E-state index contributed by atoms with van der Waals surface area (Å²) in [6, 6.07) is 0. The number of amides is 2. The van der Waals surface area contributed by atoms with Crippen molar-refractivity contribution in [1.29, 1.82) is 0 Å². The fourth-order valence-electron chi connectivity index (χ4n) is 3.02. The summed E-state index contributed by atoms with van der Waals surface area (Å²) in [5, 5.41) is 2.76. The van der Waals surface area contributed by atoms with Crippen LogP contribution in [0.15, 0.2) is 0 Å². The van der Waals surface area contributed by atoms with Gasteiger partial charge >= 0.3 is 0 Å². The molecule has 162 valence electrons. The molecule has 0 heterocycles. The molecule has 1 saturated carbocycles. The summed E-state index contributed by atoms with van der Waals surface area (Å²) >= 11 is 0. The van der Waals surface area contributed by atoms with Gasteiger partial charge in [-0.2, -0.15) is 0 Å². The van der Waals surface area contributed by atoms with E-state index in [1.165, 1.54) is 19.3 Å². The van der Waals surface area contributed by atoms with Crippen LogP contribution >= 0.6 is 0 Å². The van der Waals surface area contributed by atoms with Gasteiger partial charge in [0, 0.05) is 47.3 Å². The molecule has 1 aliphatic carbocycles. The van der Waals surface area contributed by atoms with Crippen LogP contribution in [0.1, 0.15) is 87.8 Å². The van der Waals surface area contributed by atoms with Crippen molar-refractivity contribution >= 4 is 17.6 Å². The van der Waals surface area contributed by atoms with Gasteiger partial charge in [0.2, 0.25) is 11.8 Å². The molecule has 6 nitrogen and oxygen atoms in total. The Morgan fingerprint density at radius 1 is 1.07 bits per heavy atom. The Morgan fingerprint density at radius 3 is 2.30 bits per heavy atom. The molecule has 27 heavy (non-hydrogen) atoms. The van der Waals surface area contributed by atoms with E-state index in [1.54, 1.807) is 0 Å². The summed E-state index contributed by atoms with van der Waals surface area (Å²) in [5.41, 5.74) is 4.96. The minimum atomic E-state index is -0.360. The minimum absolute atomic E-state index is 0. The summed E-state index contributed by atoms with van der Waals surface area (Å²) in [7, 11) is 0. The number of primary amides is 1. The lowest BCUT2D eigenvalue weighted by Gasteiger charge is -2.21. The van der Waals surface area contributed by atoms with Gasteiger partial charge < -0.3 is 15.8 Å². The average Bonchev–Trinajstić information content (AvgIpc) is 2.65. The molecule has 0 aromatic rings. The highest BCUT2D eigenvalue weighted by molar-refractivity contribution is 5.82. The minimum Gasteiger partial charge on any atom is -0.381 e. The van der Waals surface area contributed by atoms with Crippen LogP contribution in [-0.2, 0) is 19.1 Å². The van der Waals surface area contributed by atoms with Crippen LogP contribution in [0.3, 0.4) is 0 Å². The van der Waals surface area contributed by atoms with E-state index >= 15 is 0 Å². The van der Waals surface area contributed by atoms with Crippen LogP contribution in [0.4, 0.5) is 0 Å². The van der Waals surface area contributed by atoms with Gasteiger partial charge in [-0.05, 0) is 32.1 Å². The molecule has 0 atom stereocenters. The van der Waals surface area contributed by atoms with E-state index < -0.39 is 0 Å². The third-order valence-electron chi connectivity index (χ3n) is 4.54. The van der Waals surface area contributed by atoms with Gasteiger partial charge in [-0.3, -0.25) is 14.4 Å². The lowest BCUT2D eigenvalue weighted by molar-refractivity contribution is -0.126. The lowest BCUT2D eigenvalue weighted by atomic mass is 9.83. The Bertz CT molecular complexity index is 429. The van der Waals surface area contributed by atoms with Gasteiger partial charge in [-0.1, -0.05) is 40.0 Å². The number of carbonyl (C=O) groups is 3. The van der Waals surface area contributed by atoms with Crippen LogP contribution in [0.2, 0.25) is 0 Å². The molecule has 1 aliphatic rings. The molecule has 1 rings (SSSR count). The first-order chi connectivity index (χ1) is 12.9. The number of ketones is 1. The zero-order chi connectivity index (χ0) is 20.5. The largest absolute Gasteiger partial charge is 0.381 e. The first-order valence-electron chi connectivity index (χ1n) is 10.5. The van der Waals surface area contributed by atoms with Crippen molar-refractivity contribution in [3.63, 3.8) is 0 Å². The predicted molar refractivity (Wildman–Crippen MR) is 112 cm³/mol. The molecule has 0 radical (unpaired) electrons. The van der Waals surface area contributed by atoms with E-state index in [4.69, 9.17) is 10.5 Å². The summed E-state index contributed by atoms with van der Waals surface area (Å²) in [6.45, 7) is 8.15. The monoisotopic (exact) mass is 388 g/mol. The predicted octanol–water partition coefficient (Wildman–Crippen LogP) is 3.86. The third-order valence-corrected chi connectivity index (χ3v) is 4.54. The van der Waals surface area contributed by atoms with Crippen molar-refractivity contribution in [2.75, 3.05) is 19.8 Å². The molecule has 0 aliphatic heterocycles. The number of nitrogens with one attached hydrogen (secondary N) is 1. The zero-order valence-corrected chi connectivity index (χ0v) is 17.6. The van der Waals surface area contributed by atoms with E-state index in [1.807, 2.05) is 13.8 Å². The number of ether oxygens (including phenoxy) is 1.